The second kappa shape index (κ2) is 8.21. The van der Waals surface area contributed by atoms with Crippen molar-refractivity contribution < 1.29 is 28.6 Å². The van der Waals surface area contributed by atoms with Gasteiger partial charge in [0.25, 0.3) is 5.91 Å². The van der Waals surface area contributed by atoms with E-state index in [4.69, 9.17) is 14.6 Å². The highest BCUT2D eigenvalue weighted by molar-refractivity contribution is 6.00. The van der Waals surface area contributed by atoms with E-state index in [-0.39, 0.29) is 23.5 Å². The summed E-state index contributed by atoms with van der Waals surface area (Å²) >= 11 is 0. The van der Waals surface area contributed by atoms with Gasteiger partial charge in [0.1, 0.15) is 17.4 Å². The molecule has 22 heavy (non-hydrogen) atoms. The molecule has 122 valence electrons. The predicted molar refractivity (Wildman–Crippen MR) is 77.9 cm³/mol. The summed E-state index contributed by atoms with van der Waals surface area (Å²) < 4.78 is 24.0. The zero-order valence-electron chi connectivity index (χ0n) is 12.8. The van der Waals surface area contributed by atoms with Gasteiger partial charge in [0, 0.05) is 0 Å². The van der Waals surface area contributed by atoms with Gasteiger partial charge >= 0.3 is 5.97 Å². The van der Waals surface area contributed by atoms with Gasteiger partial charge in [-0.25, -0.2) is 9.18 Å². The summed E-state index contributed by atoms with van der Waals surface area (Å²) in [4.78, 5) is 23.4. The molecular formula is C15H20FNO5. The minimum atomic E-state index is -1.16. The van der Waals surface area contributed by atoms with Crippen molar-refractivity contribution in [2.24, 2.45) is 0 Å². The summed E-state index contributed by atoms with van der Waals surface area (Å²) in [6.07, 6.45) is 1.69. The number of halogens is 1. The number of ether oxygens (including phenoxy) is 2. The highest BCUT2D eigenvalue weighted by atomic mass is 19.1. The first-order valence-corrected chi connectivity index (χ1v) is 6.90. The van der Waals surface area contributed by atoms with Crippen LogP contribution in [0.2, 0.25) is 0 Å². The van der Waals surface area contributed by atoms with Gasteiger partial charge in [0.05, 0.1) is 14.2 Å². The van der Waals surface area contributed by atoms with Crippen molar-refractivity contribution in [2.75, 3.05) is 14.2 Å². The van der Waals surface area contributed by atoms with Crippen LogP contribution in [0.3, 0.4) is 0 Å². The van der Waals surface area contributed by atoms with Crippen LogP contribution in [0.5, 0.6) is 11.5 Å². The Kier molecular flexibility index (Phi) is 6.62. The number of amides is 1. The molecule has 2 N–H and O–H groups in total. The summed E-state index contributed by atoms with van der Waals surface area (Å²) in [6, 6.07) is 1.32. The molecule has 1 atom stereocenters. The van der Waals surface area contributed by atoms with Gasteiger partial charge in [0.2, 0.25) is 0 Å². The van der Waals surface area contributed by atoms with Crippen LogP contribution in [-0.2, 0) is 4.79 Å². The first kappa shape index (κ1) is 17.7. The fourth-order valence-corrected chi connectivity index (χ4v) is 2.01. The van der Waals surface area contributed by atoms with Gasteiger partial charge in [-0.3, -0.25) is 4.79 Å². The number of carboxylic acids is 1. The molecule has 0 bridgehead atoms. The van der Waals surface area contributed by atoms with Gasteiger partial charge in [-0.2, -0.15) is 0 Å². The quantitative estimate of drug-likeness (QED) is 0.768. The van der Waals surface area contributed by atoms with E-state index in [9.17, 15) is 14.0 Å². The molecule has 1 unspecified atom stereocenters. The Hall–Kier alpha value is -2.31. The summed E-state index contributed by atoms with van der Waals surface area (Å²) in [5.41, 5.74) is -0.371. The van der Waals surface area contributed by atoms with Crippen LogP contribution in [0.25, 0.3) is 0 Å². The molecule has 1 aromatic rings. The normalized spacial score (nSPS) is 11.6. The van der Waals surface area contributed by atoms with E-state index in [0.29, 0.717) is 6.42 Å². The average Bonchev–Trinajstić information content (AvgIpc) is 2.50. The Morgan fingerprint density at radius 1 is 1.32 bits per heavy atom. The Morgan fingerprint density at radius 3 is 2.50 bits per heavy atom. The number of nitrogens with one attached hydrogen (secondary N) is 1. The monoisotopic (exact) mass is 313 g/mol. The number of unbranched alkanes of at least 4 members (excludes halogenated alkanes) is 1. The van der Waals surface area contributed by atoms with E-state index in [1.54, 1.807) is 0 Å². The molecule has 0 aliphatic carbocycles. The van der Waals surface area contributed by atoms with Crippen molar-refractivity contribution in [3.63, 3.8) is 0 Å². The third-order valence-corrected chi connectivity index (χ3v) is 3.17. The van der Waals surface area contributed by atoms with E-state index in [1.165, 1.54) is 20.3 Å². The van der Waals surface area contributed by atoms with Gasteiger partial charge < -0.3 is 19.9 Å². The van der Waals surface area contributed by atoms with Crippen molar-refractivity contribution >= 4 is 11.9 Å². The van der Waals surface area contributed by atoms with Crippen LogP contribution >= 0.6 is 0 Å². The SMILES string of the molecule is CCCCC(NC(=O)c1c(F)ccc(OC)c1OC)C(=O)O. The number of methoxy groups -OCH3 is 2. The Bertz CT molecular complexity index is 547. The molecule has 0 radical (unpaired) electrons. The van der Waals surface area contributed by atoms with Gasteiger partial charge in [-0.15, -0.1) is 0 Å². The zero-order valence-corrected chi connectivity index (χ0v) is 12.8. The molecule has 1 amide bonds. The van der Waals surface area contributed by atoms with Crippen molar-refractivity contribution in [1.82, 2.24) is 5.32 Å². The number of rotatable bonds is 8. The molecule has 0 aliphatic rings. The average molecular weight is 313 g/mol. The fraction of sp³-hybridized carbons (Fsp3) is 0.467. The van der Waals surface area contributed by atoms with Crippen LogP contribution in [0.4, 0.5) is 4.39 Å². The molecule has 0 aromatic heterocycles. The van der Waals surface area contributed by atoms with Crippen LogP contribution in [-0.4, -0.2) is 37.2 Å². The Morgan fingerprint density at radius 2 is 2.00 bits per heavy atom. The number of carbonyl (C=O) groups is 2. The van der Waals surface area contributed by atoms with Crippen LogP contribution in [0.1, 0.15) is 36.5 Å². The van der Waals surface area contributed by atoms with Crippen LogP contribution in [0, 0.1) is 5.82 Å². The lowest BCUT2D eigenvalue weighted by molar-refractivity contribution is -0.139. The van der Waals surface area contributed by atoms with Crippen LogP contribution < -0.4 is 14.8 Å². The molecule has 6 nitrogen and oxygen atoms in total. The van der Waals surface area contributed by atoms with Gasteiger partial charge in [-0.05, 0) is 18.6 Å². The largest absolute Gasteiger partial charge is 0.493 e. The number of hydrogen-bond acceptors (Lipinski definition) is 4. The summed E-state index contributed by atoms with van der Waals surface area (Å²) in [6.45, 7) is 1.91. The van der Waals surface area contributed by atoms with E-state index < -0.39 is 23.7 Å². The molecule has 1 rings (SSSR count). The predicted octanol–water partition coefficient (Wildman–Crippen LogP) is 2.22. The molecule has 0 aliphatic heterocycles. The van der Waals surface area contributed by atoms with E-state index in [0.717, 1.165) is 12.5 Å². The summed E-state index contributed by atoms with van der Waals surface area (Å²) in [7, 11) is 2.64. The fourth-order valence-electron chi connectivity index (χ4n) is 2.01. The van der Waals surface area contributed by atoms with Gasteiger partial charge in [0.15, 0.2) is 11.5 Å². The number of carboxylic acid groups (broad SMARTS) is 1. The second-order valence-corrected chi connectivity index (χ2v) is 4.66. The minimum absolute atomic E-state index is 0.0698. The van der Waals surface area contributed by atoms with Crippen molar-refractivity contribution in [2.45, 2.75) is 32.2 Å². The third kappa shape index (κ3) is 4.09. The third-order valence-electron chi connectivity index (χ3n) is 3.17. The Labute approximate surface area is 128 Å². The molecule has 0 fully saturated rings. The van der Waals surface area contributed by atoms with Crippen molar-refractivity contribution in [3.05, 3.63) is 23.5 Å². The molecule has 0 heterocycles. The molecule has 7 heteroatoms. The molecule has 0 spiro atoms. The van der Waals surface area contributed by atoms with E-state index >= 15 is 0 Å². The maximum Gasteiger partial charge on any atom is 0.326 e. The molecule has 1 aromatic carbocycles. The first-order chi connectivity index (χ1) is 10.5. The molecular weight excluding hydrogens is 293 g/mol. The van der Waals surface area contributed by atoms with Crippen molar-refractivity contribution in [3.8, 4) is 11.5 Å². The number of aliphatic carboxylic acids is 1. The summed E-state index contributed by atoms with van der Waals surface area (Å²) in [5, 5.41) is 11.4. The number of hydrogen-bond donors (Lipinski definition) is 2. The maximum absolute atomic E-state index is 14.0. The van der Waals surface area contributed by atoms with Crippen LogP contribution in [0.15, 0.2) is 12.1 Å². The lowest BCUT2D eigenvalue weighted by Gasteiger charge is -2.17. The number of benzene rings is 1. The van der Waals surface area contributed by atoms with E-state index in [1.807, 2.05) is 6.92 Å². The second-order valence-electron chi connectivity index (χ2n) is 4.66. The summed E-state index contributed by atoms with van der Waals surface area (Å²) in [5.74, 6) is -2.70. The smallest absolute Gasteiger partial charge is 0.326 e. The van der Waals surface area contributed by atoms with E-state index in [2.05, 4.69) is 5.32 Å². The minimum Gasteiger partial charge on any atom is -0.493 e. The van der Waals surface area contributed by atoms with Gasteiger partial charge in [-0.1, -0.05) is 19.8 Å². The standard InChI is InChI=1S/C15H20FNO5/c1-4-5-6-10(15(19)20)17-14(18)12-9(16)7-8-11(21-2)13(12)22-3/h7-8,10H,4-6H2,1-3H3,(H,17,18)(H,19,20). The lowest BCUT2D eigenvalue weighted by Crippen LogP contribution is -2.41. The Balaban J connectivity index is 3.08. The molecule has 0 saturated heterocycles. The van der Waals surface area contributed by atoms with Crippen molar-refractivity contribution in [1.29, 1.82) is 0 Å². The first-order valence-electron chi connectivity index (χ1n) is 6.90. The maximum atomic E-state index is 14.0. The topological polar surface area (TPSA) is 84.9 Å². The highest BCUT2D eigenvalue weighted by Gasteiger charge is 2.26. The highest BCUT2D eigenvalue weighted by Crippen LogP contribution is 2.32. The lowest BCUT2D eigenvalue weighted by atomic mass is 10.1. The molecule has 0 saturated carbocycles. The number of carbonyl (C=O) groups excluding carboxylic acids is 1. The zero-order chi connectivity index (χ0) is 16.7.